The standard InChI is InChI=1S/C17H24N6O2/c1-4-23-10-13(7-19-23)16-14(8-18-20-16)17(25)22-6-5-21(9-12(2)3)15(24)11-22/h7-8,10,12H,4-6,9,11H2,1-3H3,(H,18,20). The van der Waals surface area contributed by atoms with Crippen molar-refractivity contribution in [2.45, 2.75) is 27.3 Å². The highest BCUT2D eigenvalue weighted by atomic mass is 16.2. The van der Waals surface area contributed by atoms with Crippen LogP contribution in [0.5, 0.6) is 0 Å². The first-order valence-electron chi connectivity index (χ1n) is 8.62. The maximum atomic E-state index is 12.9. The second-order valence-corrected chi connectivity index (χ2v) is 6.70. The Morgan fingerprint density at radius 1 is 1.32 bits per heavy atom. The lowest BCUT2D eigenvalue weighted by Gasteiger charge is -2.35. The Bertz CT molecular complexity index is 763. The van der Waals surface area contributed by atoms with Crippen LogP contribution in [-0.2, 0) is 11.3 Å². The molecule has 1 aliphatic heterocycles. The quantitative estimate of drug-likeness (QED) is 0.884. The molecule has 1 fully saturated rings. The van der Waals surface area contributed by atoms with Crippen LogP contribution in [0.2, 0.25) is 0 Å². The predicted molar refractivity (Wildman–Crippen MR) is 92.8 cm³/mol. The normalized spacial score (nSPS) is 15.3. The van der Waals surface area contributed by atoms with Gasteiger partial charge in [-0.1, -0.05) is 13.8 Å². The summed E-state index contributed by atoms with van der Waals surface area (Å²) in [5.74, 6) is 0.240. The molecule has 25 heavy (non-hydrogen) atoms. The van der Waals surface area contributed by atoms with Crippen LogP contribution in [0.25, 0.3) is 11.3 Å². The molecule has 1 saturated heterocycles. The van der Waals surface area contributed by atoms with Gasteiger partial charge < -0.3 is 9.80 Å². The number of hydrogen-bond acceptors (Lipinski definition) is 4. The Hall–Kier alpha value is -2.64. The van der Waals surface area contributed by atoms with Gasteiger partial charge in [0.05, 0.1) is 23.7 Å². The molecule has 1 N–H and O–H groups in total. The van der Waals surface area contributed by atoms with Crippen LogP contribution in [0.15, 0.2) is 18.6 Å². The number of nitrogens with one attached hydrogen (secondary N) is 1. The zero-order valence-corrected chi connectivity index (χ0v) is 14.9. The Kier molecular flexibility index (Phi) is 4.87. The highest BCUT2D eigenvalue weighted by Gasteiger charge is 2.30. The first-order chi connectivity index (χ1) is 12.0. The molecule has 2 amide bonds. The van der Waals surface area contributed by atoms with Crippen molar-refractivity contribution in [1.29, 1.82) is 0 Å². The van der Waals surface area contributed by atoms with Crippen molar-refractivity contribution in [2.75, 3.05) is 26.2 Å². The van der Waals surface area contributed by atoms with Gasteiger partial charge >= 0.3 is 0 Å². The van der Waals surface area contributed by atoms with E-state index < -0.39 is 0 Å². The van der Waals surface area contributed by atoms with Crippen molar-refractivity contribution in [3.05, 3.63) is 24.2 Å². The third kappa shape index (κ3) is 3.57. The third-order valence-electron chi connectivity index (χ3n) is 4.31. The lowest BCUT2D eigenvalue weighted by Crippen LogP contribution is -2.53. The molecule has 2 aromatic rings. The summed E-state index contributed by atoms with van der Waals surface area (Å²) < 4.78 is 1.79. The van der Waals surface area contributed by atoms with E-state index in [0.717, 1.165) is 18.7 Å². The fraction of sp³-hybridized carbons (Fsp3) is 0.529. The number of H-pyrrole nitrogens is 1. The molecule has 0 aliphatic carbocycles. The van der Waals surface area contributed by atoms with E-state index in [2.05, 4.69) is 29.1 Å². The van der Waals surface area contributed by atoms with Crippen molar-refractivity contribution in [2.24, 2.45) is 5.92 Å². The van der Waals surface area contributed by atoms with Gasteiger partial charge in [0.25, 0.3) is 5.91 Å². The SMILES string of the molecule is CCn1cc(-c2[nH]ncc2C(=O)N2CCN(CC(C)C)C(=O)C2)cn1. The maximum Gasteiger partial charge on any atom is 0.258 e. The summed E-state index contributed by atoms with van der Waals surface area (Å²) in [4.78, 5) is 28.6. The molecule has 8 heteroatoms. The molecule has 134 valence electrons. The molecule has 2 aromatic heterocycles. The van der Waals surface area contributed by atoms with Gasteiger partial charge in [-0.15, -0.1) is 0 Å². The second kappa shape index (κ2) is 7.08. The van der Waals surface area contributed by atoms with Crippen LogP contribution in [0.1, 0.15) is 31.1 Å². The first kappa shape index (κ1) is 17.2. The van der Waals surface area contributed by atoms with Crippen LogP contribution in [0.4, 0.5) is 0 Å². The Labute approximate surface area is 146 Å². The predicted octanol–water partition coefficient (Wildman–Crippen LogP) is 1.23. The molecule has 0 bridgehead atoms. The molecular weight excluding hydrogens is 320 g/mol. The summed E-state index contributed by atoms with van der Waals surface area (Å²) in [5, 5.41) is 11.1. The van der Waals surface area contributed by atoms with E-state index in [9.17, 15) is 9.59 Å². The van der Waals surface area contributed by atoms with Crippen molar-refractivity contribution in [1.82, 2.24) is 29.8 Å². The van der Waals surface area contributed by atoms with Crippen molar-refractivity contribution in [3.63, 3.8) is 0 Å². The third-order valence-corrected chi connectivity index (χ3v) is 4.31. The van der Waals surface area contributed by atoms with E-state index >= 15 is 0 Å². The van der Waals surface area contributed by atoms with Crippen LogP contribution in [0.3, 0.4) is 0 Å². The topological polar surface area (TPSA) is 87.1 Å². The first-order valence-corrected chi connectivity index (χ1v) is 8.62. The number of aryl methyl sites for hydroxylation is 1. The van der Waals surface area contributed by atoms with Gasteiger partial charge in [-0.05, 0) is 12.8 Å². The van der Waals surface area contributed by atoms with Crippen molar-refractivity contribution < 1.29 is 9.59 Å². The van der Waals surface area contributed by atoms with Gasteiger partial charge in [0.2, 0.25) is 5.91 Å². The van der Waals surface area contributed by atoms with E-state index in [0.29, 0.717) is 30.3 Å². The zero-order chi connectivity index (χ0) is 18.0. The average molecular weight is 344 g/mol. The summed E-state index contributed by atoms with van der Waals surface area (Å²) in [5.41, 5.74) is 1.93. The fourth-order valence-electron chi connectivity index (χ4n) is 3.02. The monoisotopic (exact) mass is 344 g/mol. The highest BCUT2D eigenvalue weighted by molar-refractivity contribution is 6.01. The molecule has 0 radical (unpaired) electrons. The summed E-state index contributed by atoms with van der Waals surface area (Å²) in [6, 6.07) is 0. The smallest absolute Gasteiger partial charge is 0.258 e. The minimum Gasteiger partial charge on any atom is -0.339 e. The number of carbonyl (C=O) groups excluding carboxylic acids is 2. The number of nitrogens with zero attached hydrogens (tertiary/aromatic N) is 5. The fourth-order valence-corrected chi connectivity index (χ4v) is 3.02. The summed E-state index contributed by atoms with van der Waals surface area (Å²) in [6.07, 6.45) is 5.10. The van der Waals surface area contributed by atoms with Gasteiger partial charge in [-0.25, -0.2) is 0 Å². The molecule has 3 heterocycles. The Balaban J connectivity index is 1.75. The number of aromatic amines is 1. The van der Waals surface area contributed by atoms with Crippen LogP contribution < -0.4 is 0 Å². The molecule has 3 rings (SSSR count). The van der Waals surface area contributed by atoms with Gasteiger partial charge in [0, 0.05) is 37.9 Å². The number of rotatable bonds is 5. The van der Waals surface area contributed by atoms with E-state index in [4.69, 9.17) is 0 Å². The van der Waals surface area contributed by atoms with E-state index in [1.165, 1.54) is 6.20 Å². The molecule has 0 saturated carbocycles. The van der Waals surface area contributed by atoms with Gasteiger partial charge in [0.15, 0.2) is 0 Å². The molecule has 0 aromatic carbocycles. The number of piperazine rings is 1. The van der Waals surface area contributed by atoms with Crippen LogP contribution in [-0.4, -0.2) is 67.8 Å². The van der Waals surface area contributed by atoms with E-state index in [-0.39, 0.29) is 18.4 Å². The molecule has 1 aliphatic rings. The lowest BCUT2D eigenvalue weighted by molar-refractivity contribution is -0.135. The number of aromatic nitrogens is 4. The van der Waals surface area contributed by atoms with Crippen molar-refractivity contribution in [3.8, 4) is 11.3 Å². The Morgan fingerprint density at radius 3 is 2.76 bits per heavy atom. The average Bonchev–Trinajstić information content (AvgIpc) is 3.24. The largest absolute Gasteiger partial charge is 0.339 e. The number of carbonyl (C=O) groups is 2. The van der Waals surface area contributed by atoms with Crippen molar-refractivity contribution >= 4 is 11.8 Å². The van der Waals surface area contributed by atoms with Crippen LogP contribution >= 0.6 is 0 Å². The molecule has 8 nitrogen and oxygen atoms in total. The minimum absolute atomic E-state index is 0.00264. The van der Waals surface area contributed by atoms with Gasteiger partial charge in [0.1, 0.15) is 6.54 Å². The van der Waals surface area contributed by atoms with E-state index in [1.807, 2.05) is 18.0 Å². The van der Waals surface area contributed by atoms with E-state index in [1.54, 1.807) is 15.8 Å². The second-order valence-electron chi connectivity index (χ2n) is 6.70. The van der Waals surface area contributed by atoms with Gasteiger partial charge in [-0.3, -0.25) is 19.4 Å². The minimum atomic E-state index is -0.175. The molecule has 0 spiro atoms. The summed E-state index contributed by atoms with van der Waals surface area (Å²) in [7, 11) is 0. The zero-order valence-electron chi connectivity index (χ0n) is 14.9. The summed E-state index contributed by atoms with van der Waals surface area (Å²) in [6.45, 7) is 8.87. The number of hydrogen-bond donors (Lipinski definition) is 1. The molecular formula is C17H24N6O2. The maximum absolute atomic E-state index is 12.9. The Morgan fingerprint density at radius 2 is 2.12 bits per heavy atom. The molecule has 0 atom stereocenters. The lowest BCUT2D eigenvalue weighted by atomic mass is 10.1. The number of amides is 2. The highest BCUT2D eigenvalue weighted by Crippen LogP contribution is 2.22. The molecule has 0 unspecified atom stereocenters. The van der Waals surface area contributed by atoms with Gasteiger partial charge in [-0.2, -0.15) is 10.2 Å². The summed E-state index contributed by atoms with van der Waals surface area (Å²) >= 11 is 0. The van der Waals surface area contributed by atoms with Crippen LogP contribution in [0, 0.1) is 5.92 Å².